The van der Waals surface area contributed by atoms with Crippen LogP contribution in [0.15, 0.2) is 42.5 Å². The van der Waals surface area contributed by atoms with E-state index >= 15 is 0 Å². The number of nitrogens with zero attached hydrogens (tertiary/aromatic N) is 1. The Morgan fingerprint density at radius 3 is 2.61 bits per heavy atom. The van der Waals surface area contributed by atoms with Crippen LogP contribution in [0, 0.1) is 11.7 Å². The quantitative estimate of drug-likeness (QED) is 0.456. The minimum Gasteiger partial charge on any atom is -0.490 e. The topological polar surface area (TPSA) is 82.0 Å². The van der Waals surface area contributed by atoms with Gasteiger partial charge in [0.2, 0.25) is 0 Å². The average Bonchev–Trinajstić information content (AvgIpc) is 2.80. The van der Waals surface area contributed by atoms with Gasteiger partial charge in [0.05, 0.1) is 5.92 Å². The number of carboxylic acids is 1. The van der Waals surface area contributed by atoms with Gasteiger partial charge >= 0.3 is 5.97 Å². The first-order valence-electron chi connectivity index (χ1n) is 11.3. The van der Waals surface area contributed by atoms with Crippen LogP contribution in [0.3, 0.4) is 0 Å². The maximum Gasteiger partial charge on any atom is 0.306 e. The predicted octanol–water partition coefficient (Wildman–Crippen LogP) is 3.74. The molecule has 3 N–H and O–H groups in total. The standard InChI is InChI=1S/C25H32ClFN2O4/c1-17(25(31)32)12-19-4-7-21(27)13-24(19)33-16-23(30)14-28-22-8-10-29(11-9-22)15-18-2-5-20(26)6-3-18/h2-7,13,17,22-23,28,30H,8-12,14-16H2,1H3,(H,31,32)/t17?,23-/m0/s1. The summed E-state index contributed by atoms with van der Waals surface area (Å²) in [5.74, 6) is -1.73. The molecule has 0 aromatic heterocycles. The van der Waals surface area contributed by atoms with Crippen molar-refractivity contribution >= 4 is 17.6 Å². The van der Waals surface area contributed by atoms with Crippen LogP contribution >= 0.6 is 11.6 Å². The van der Waals surface area contributed by atoms with Crippen LogP contribution in [-0.4, -0.2) is 59.5 Å². The lowest BCUT2D eigenvalue weighted by Gasteiger charge is -2.33. The van der Waals surface area contributed by atoms with E-state index < -0.39 is 23.8 Å². The molecule has 1 heterocycles. The van der Waals surface area contributed by atoms with Crippen molar-refractivity contribution < 1.29 is 24.1 Å². The Morgan fingerprint density at radius 1 is 1.24 bits per heavy atom. The van der Waals surface area contributed by atoms with Crippen LogP contribution in [-0.2, 0) is 17.8 Å². The predicted molar refractivity (Wildman–Crippen MR) is 126 cm³/mol. The van der Waals surface area contributed by atoms with Gasteiger partial charge < -0.3 is 20.3 Å². The molecule has 0 amide bonds. The van der Waals surface area contributed by atoms with Gasteiger partial charge in [0.15, 0.2) is 0 Å². The molecule has 1 fully saturated rings. The molecular formula is C25H32ClFN2O4. The van der Waals surface area contributed by atoms with Crippen LogP contribution in [0.2, 0.25) is 5.02 Å². The van der Waals surface area contributed by atoms with Gasteiger partial charge in [0, 0.05) is 30.2 Å². The number of ether oxygens (including phenoxy) is 1. The number of benzene rings is 2. The van der Waals surface area contributed by atoms with Gasteiger partial charge in [-0.25, -0.2) is 4.39 Å². The molecule has 2 aromatic rings. The maximum absolute atomic E-state index is 13.7. The number of carbonyl (C=O) groups is 1. The summed E-state index contributed by atoms with van der Waals surface area (Å²) in [5, 5.41) is 23.6. The fraction of sp³-hybridized carbons (Fsp3) is 0.480. The van der Waals surface area contributed by atoms with Crippen LogP contribution in [0.4, 0.5) is 4.39 Å². The Morgan fingerprint density at radius 2 is 1.94 bits per heavy atom. The minimum atomic E-state index is -0.922. The zero-order valence-corrected chi connectivity index (χ0v) is 19.6. The molecule has 33 heavy (non-hydrogen) atoms. The zero-order valence-electron chi connectivity index (χ0n) is 18.8. The van der Waals surface area contributed by atoms with E-state index in [1.807, 2.05) is 12.1 Å². The first kappa shape index (κ1) is 25.4. The Hall–Kier alpha value is -2.19. The second kappa shape index (κ2) is 12.3. The smallest absolute Gasteiger partial charge is 0.306 e. The molecule has 2 aromatic carbocycles. The third-order valence-electron chi connectivity index (χ3n) is 5.96. The fourth-order valence-corrected chi connectivity index (χ4v) is 4.07. The second-order valence-electron chi connectivity index (χ2n) is 8.75. The molecular weight excluding hydrogens is 447 g/mol. The molecule has 6 nitrogen and oxygen atoms in total. The molecule has 0 bridgehead atoms. The largest absolute Gasteiger partial charge is 0.490 e. The highest BCUT2D eigenvalue weighted by molar-refractivity contribution is 6.30. The molecule has 1 aliphatic heterocycles. The summed E-state index contributed by atoms with van der Waals surface area (Å²) in [4.78, 5) is 13.5. The number of nitrogens with one attached hydrogen (secondary N) is 1. The third-order valence-corrected chi connectivity index (χ3v) is 6.21. The van der Waals surface area contributed by atoms with Crippen LogP contribution in [0.25, 0.3) is 0 Å². The summed E-state index contributed by atoms with van der Waals surface area (Å²) in [7, 11) is 0. The lowest BCUT2D eigenvalue weighted by molar-refractivity contribution is -0.141. The normalized spacial score (nSPS) is 17.0. The van der Waals surface area contributed by atoms with Crippen molar-refractivity contribution in [2.24, 2.45) is 5.92 Å². The highest BCUT2D eigenvalue weighted by atomic mass is 35.5. The number of rotatable bonds is 11. The van der Waals surface area contributed by atoms with Gasteiger partial charge in [-0.15, -0.1) is 0 Å². The SMILES string of the molecule is CC(Cc1ccc(F)cc1OC[C@@H](O)CNC1CCN(Cc2ccc(Cl)cc2)CC1)C(=O)O. The molecule has 0 aliphatic carbocycles. The van der Waals surface area contributed by atoms with Crippen molar-refractivity contribution in [2.45, 2.75) is 44.9 Å². The summed E-state index contributed by atoms with van der Waals surface area (Å²) in [6.07, 6.45) is 1.45. The molecule has 180 valence electrons. The zero-order chi connectivity index (χ0) is 23.8. The van der Waals surface area contributed by atoms with Gasteiger partial charge in [-0.3, -0.25) is 9.69 Å². The average molecular weight is 479 g/mol. The molecule has 1 saturated heterocycles. The molecule has 1 unspecified atom stereocenters. The molecule has 0 spiro atoms. The van der Waals surface area contributed by atoms with Crippen molar-refractivity contribution in [3.8, 4) is 5.75 Å². The van der Waals surface area contributed by atoms with Crippen molar-refractivity contribution in [3.05, 3.63) is 64.4 Å². The number of carboxylic acid groups (broad SMARTS) is 1. The highest BCUT2D eigenvalue weighted by Gasteiger charge is 2.20. The van der Waals surface area contributed by atoms with E-state index in [9.17, 15) is 14.3 Å². The number of likely N-dealkylation sites (tertiary alicyclic amines) is 1. The van der Waals surface area contributed by atoms with Gasteiger partial charge in [-0.05, 0) is 61.7 Å². The van der Waals surface area contributed by atoms with Crippen molar-refractivity contribution in [2.75, 3.05) is 26.2 Å². The number of piperidine rings is 1. The fourth-order valence-electron chi connectivity index (χ4n) is 3.94. The molecule has 1 aliphatic rings. The third kappa shape index (κ3) is 8.27. The van der Waals surface area contributed by atoms with Crippen LogP contribution in [0.1, 0.15) is 30.9 Å². The summed E-state index contributed by atoms with van der Waals surface area (Å²) >= 11 is 5.95. The van der Waals surface area contributed by atoms with E-state index in [0.29, 0.717) is 18.2 Å². The Bertz CT molecular complexity index is 904. The number of hydrogen-bond acceptors (Lipinski definition) is 5. The minimum absolute atomic E-state index is 0.000315. The number of aliphatic carboxylic acids is 1. The van der Waals surface area contributed by atoms with Gasteiger partial charge in [-0.1, -0.05) is 36.7 Å². The van der Waals surface area contributed by atoms with E-state index in [1.165, 1.54) is 23.8 Å². The number of aliphatic hydroxyl groups excluding tert-OH is 1. The molecule has 3 rings (SSSR count). The summed E-state index contributed by atoms with van der Waals surface area (Å²) < 4.78 is 19.3. The number of hydrogen-bond donors (Lipinski definition) is 3. The van der Waals surface area contributed by atoms with Crippen molar-refractivity contribution in [1.29, 1.82) is 0 Å². The maximum atomic E-state index is 13.7. The molecule has 0 saturated carbocycles. The van der Waals surface area contributed by atoms with Crippen molar-refractivity contribution in [3.63, 3.8) is 0 Å². The summed E-state index contributed by atoms with van der Waals surface area (Å²) in [6, 6.07) is 12.3. The number of aliphatic hydroxyl groups is 1. The Kier molecular flexibility index (Phi) is 9.50. The van der Waals surface area contributed by atoms with Crippen molar-refractivity contribution in [1.82, 2.24) is 10.2 Å². The molecule has 8 heteroatoms. The van der Waals surface area contributed by atoms with E-state index in [-0.39, 0.29) is 18.8 Å². The van der Waals surface area contributed by atoms with E-state index in [2.05, 4.69) is 22.3 Å². The second-order valence-corrected chi connectivity index (χ2v) is 9.18. The van der Waals surface area contributed by atoms with Gasteiger partial charge in [0.1, 0.15) is 24.3 Å². The monoisotopic (exact) mass is 478 g/mol. The van der Waals surface area contributed by atoms with Gasteiger partial charge in [0.25, 0.3) is 0 Å². The number of halogens is 2. The summed E-state index contributed by atoms with van der Waals surface area (Å²) in [6.45, 7) is 4.81. The van der Waals surface area contributed by atoms with E-state index in [0.717, 1.165) is 37.5 Å². The van der Waals surface area contributed by atoms with Crippen LogP contribution < -0.4 is 10.1 Å². The first-order valence-corrected chi connectivity index (χ1v) is 11.7. The Labute approximate surface area is 199 Å². The lowest BCUT2D eigenvalue weighted by atomic mass is 10.0. The van der Waals surface area contributed by atoms with E-state index in [1.54, 1.807) is 6.92 Å². The van der Waals surface area contributed by atoms with E-state index in [4.69, 9.17) is 21.4 Å². The molecule has 0 radical (unpaired) electrons. The van der Waals surface area contributed by atoms with Crippen LogP contribution in [0.5, 0.6) is 5.75 Å². The Balaban J connectivity index is 1.40. The molecule has 2 atom stereocenters. The van der Waals surface area contributed by atoms with Gasteiger partial charge in [-0.2, -0.15) is 0 Å². The lowest BCUT2D eigenvalue weighted by Crippen LogP contribution is -2.45. The first-order chi connectivity index (χ1) is 15.8. The summed E-state index contributed by atoms with van der Waals surface area (Å²) in [5.41, 5.74) is 1.85. The highest BCUT2D eigenvalue weighted by Crippen LogP contribution is 2.23.